The lowest BCUT2D eigenvalue weighted by Gasteiger charge is -2.20. The van der Waals surface area contributed by atoms with Crippen LogP contribution in [0.25, 0.3) is 0 Å². The van der Waals surface area contributed by atoms with Gasteiger partial charge in [0.1, 0.15) is 0 Å². The van der Waals surface area contributed by atoms with Gasteiger partial charge in [0.05, 0.1) is 13.7 Å². The number of aryl methyl sites for hydroxylation is 1. The number of rotatable bonds is 9. The molecule has 2 aromatic rings. The number of nitrogens with one attached hydrogen (secondary N) is 1. The van der Waals surface area contributed by atoms with E-state index in [0.717, 1.165) is 17.0 Å². The van der Waals surface area contributed by atoms with Gasteiger partial charge in [-0.25, -0.2) is 0 Å². The van der Waals surface area contributed by atoms with Crippen molar-refractivity contribution in [3.05, 3.63) is 53.1 Å². The lowest BCUT2D eigenvalue weighted by Crippen LogP contribution is -2.16. The molecule has 0 spiro atoms. The molecule has 0 fully saturated rings. The van der Waals surface area contributed by atoms with E-state index in [9.17, 15) is 4.79 Å². The lowest BCUT2D eigenvalue weighted by molar-refractivity contribution is -0.116. The second-order valence-corrected chi connectivity index (χ2v) is 7.59. The highest BCUT2D eigenvalue weighted by Gasteiger charge is 2.16. The second kappa shape index (κ2) is 10.2. The van der Waals surface area contributed by atoms with E-state index in [1.54, 1.807) is 7.11 Å². The van der Waals surface area contributed by atoms with Crippen molar-refractivity contribution in [3.8, 4) is 11.5 Å². The Bertz CT molecular complexity index is 770. The van der Waals surface area contributed by atoms with E-state index in [2.05, 4.69) is 51.2 Å². The predicted molar refractivity (Wildman–Crippen MR) is 116 cm³/mol. The molecule has 1 amide bonds. The number of ether oxygens (including phenoxy) is 2. The Labute approximate surface area is 169 Å². The van der Waals surface area contributed by atoms with Gasteiger partial charge in [0.2, 0.25) is 5.91 Å². The van der Waals surface area contributed by atoms with Crippen molar-refractivity contribution in [2.75, 3.05) is 19.0 Å². The molecule has 0 radical (unpaired) electrons. The van der Waals surface area contributed by atoms with E-state index >= 15 is 0 Å². The van der Waals surface area contributed by atoms with Crippen molar-refractivity contribution in [3.63, 3.8) is 0 Å². The van der Waals surface area contributed by atoms with Crippen LogP contribution in [0.15, 0.2) is 36.4 Å². The van der Waals surface area contributed by atoms with E-state index in [1.165, 1.54) is 11.1 Å². The highest BCUT2D eigenvalue weighted by Crippen LogP contribution is 2.33. The zero-order valence-corrected chi connectivity index (χ0v) is 18.0. The number of methoxy groups -OCH3 is 1. The molecule has 28 heavy (non-hydrogen) atoms. The maximum Gasteiger partial charge on any atom is 0.224 e. The van der Waals surface area contributed by atoms with E-state index in [4.69, 9.17) is 9.47 Å². The molecule has 152 valence electrons. The Kier molecular flexibility index (Phi) is 7.91. The van der Waals surface area contributed by atoms with Crippen LogP contribution in [0.2, 0.25) is 0 Å². The van der Waals surface area contributed by atoms with Gasteiger partial charge in [-0.05, 0) is 54.0 Å². The van der Waals surface area contributed by atoms with Crippen LogP contribution in [-0.2, 0) is 11.2 Å². The molecule has 4 nitrogen and oxygen atoms in total. The number of carbonyl (C=O) groups is 1. The average Bonchev–Trinajstić information content (AvgIpc) is 2.67. The summed E-state index contributed by atoms with van der Waals surface area (Å²) >= 11 is 0. The van der Waals surface area contributed by atoms with Crippen molar-refractivity contribution < 1.29 is 14.3 Å². The molecule has 0 aliphatic carbocycles. The molecule has 0 aliphatic rings. The molecule has 0 aliphatic heterocycles. The zero-order valence-electron chi connectivity index (χ0n) is 18.0. The first-order valence-corrected chi connectivity index (χ1v) is 10.1. The molecule has 2 rings (SSSR count). The molecular formula is C24H33NO3. The lowest BCUT2D eigenvalue weighted by atomic mass is 9.92. The van der Waals surface area contributed by atoms with Gasteiger partial charge in [0, 0.05) is 12.1 Å². The fourth-order valence-corrected chi connectivity index (χ4v) is 3.30. The molecule has 0 bridgehead atoms. The third-order valence-electron chi connectivity index (χ3n) is 4.81. The molecular weight excluding hydrogens is 350 g/mol. The molecule has 0 saturated heterocycles. The van der Waals surface area contributed by atoms with E-state index in [0.29, 0.717) is 37.0 Å². The Balaban J connectivity index is 2.11. The first kappa shape index (κ1) is 21.8. The summed E-state index contributed by atoms with van der Waals surface area (Å²) < 4.78 is 11.0. The van der Waals surface area contributed by atoms with Gasteiger partial charge < -0.3 is 14.8 Å². The SMILES string of the molecule is CCOc1ccc(CCC(=O)Nc2c(C(C)C)cccc2C(C)C)cc1OC. The minimum absolute atomic E-state index is 0.0304. The van der Waals surface area contributed by atoms with Crippen LogP contribution in [0.3, 0.4) is 0 Å². The monoisotopic (exact) mass is 383 g/mol. The van der Waals surface area contributed by atoms with Gasteiger partial charge in [0.15, 0.2) is 11.5 Å². The Morgan fingerprint density at radius 1 is 1.00 bits per heavy atom. The Morgan fingerprint density at radius 3 is 2.18 bits per heavy atom. The Morgan fingerprint density at radius 2 is 1.64 bits per heavy atom. The minimum Gasteiger partial charge on any atom is -0.493 e. The molecule has 1 N–H and O–H groups in total. The third-order valence-corrected chi connectivity index (χ3v) is 4.81. The van der Waals surface area contributed by atoms with Crippen molar-refractivity contribution in [2.24, 2.45) is 0 Å². The van der Waals surface area contributed by atoms with Crippen molar-refractivity contribution >= 4 is 11.6 Å². The summed E-state index contributed by atoms with van der Waals surface area (Å²) in [5.41, 5.74) is 4.39. The smallest absolute Gasteiger partial charge is 0.224 e. The molecule has 0 aromatic heterocycles. The van der Waals surface area contributed by atoms with Crippen LogP contribution in [0.4, 0.5) is 5.69 Å². The fourth-order valence-electron chi connectivity index (χ4n) is 3.30. The zero-order chi connectivity index (χ0) is 20.7. The molecule has 0 atom stereocenters. The van der Waals surface area contributed by atoms with Crippen molar-refractivity contribution in [2.45, 2.75) is 59.3 Å². The number of hydrogen-bond donors (Lipinski definition) is 1. The highest BCUT2D eigenvalue weighted by atomic mass is 16.5. The van der Waals surface area contributed by atoms with Crippen molar-refractivity contribution in [1.82, 2.24) is 0 Å². The molecule has 0 heterocycles. The van der Waals surface area contributed by atoms with E-state index in [1.807, 2.05) is 25.1 Å². The molecule has 0 saturated carbocycles. The van der Waals surface area contributed by atoms with Crippen LogP contribution < -0.4 is 14.8 Å². The number of para-hydroxylation sites is 1. The van der Waals surface area contributed by atoms with E-state index in [-0.39, 0.29) is 5.91 Å². The standard InChI is InChI=1S/C24H33NO3/c1-7-28-21-13-11-18(15-22(21)27-6)12-14-23(26)25-24-19(16(2)3)9-8-10-20(24)17(4)5/h8-11,13,15-17H,7,12,14H2,1-6H3,(H,25,26). The quantitative estimate of drug-likeness (QED) is 0.585. The largest absolute Gasteiger partial charge is 0.493 e. The number of anilines is 1. The van der Waals surface area contributed by atoms with Crippen LogP contribution >= 0.6 is 0 Å². The maximum atomic E-state index is 12.7. The highest BCUT2D eigenvalue weighted by molar-refractivity contribution is 5.92. The average molecular weight is 384 g/mol. The van der Waals surface area contributed by atoms with Crippen molar-refractivity contribution in [1.29, 1.82) is 0 Å². The summed E-state index contributed by atoms with van der Waals surface area (Å²) in [6.07, 6.45) is 1.07. The van der Waals surface area contributed by atoms with Crippen LogP contribution in [0.5, 0.6) is 11.5 Å². The summed E-state index contributed by atoms with van der Waals surface area (Å²) in [7, 11) is 1.63. The van der Waals surface area contributed by atoms with E-state index < -0.39 is 0 Å². The van der Waals surface area contributed by atoms with Crippen LogP contribution in [-0.4, -0.2) is 19.6 Å². The summed E-state index contributed by atoms with van der Waals surface area (Å²) in [5.74, 6) is 2.16. The first-order chi connectivity index (χ1) is 13.4. The Hall–Kier alpha value is -2.49. The van der Waals surface area contributed by atoms with Gasteiger partial charge in [-0.2, -0.15) is 0 Å². The van der Waals surface area contributed by atoms with Crippen LogP contribution in [0, 0.1) is 0 Å². The molecule has 4 heteroatoms. The summed E-state index contributed by atoms with van der Waals surface area (Å²) in [4.78, 5) is 12.7. The normalized spacial score (nSPS) is 11.0. The van der Waals surface area contributed by atoms with Gasteiger partial charge in [-0.1, -0.05) is 52.0 Å². The van der Waals surface area contributed by atoms with Gasteiger partial charge in [-0.15, -0.1) is 0 Å². The number of benzene rings is 2. The van der Waals surface area contributed by atoms with Gasteiger partial charge in [-0.3, -0.25) is 4.79 Å². The maximum absolute atomic E-state index is 12.7. The number of carbonyl (C=O) groups excluding carboxylic acids is 1. The van der Waals surface area contributed by atoms with Gasteiger partial charge >= 0.3 is 0 Å². The van der Waals surface area contributed by atoms with Crippen LogP contribution in [0.1, 0.15) is 69.6 Å². The number of amides is 1. The molecule has 0 unspecified atom stereocenters. The topological polar surface area (TPSA) is 47.6 Å². The fraction of sp³-hybridized carbons (Fsp3) is 0.458. The predicted octanol–water partition coefficient (Wildman–Crippen LogP) is 5.91. The van der Waals surface area contributed by atoms with Gasteiger partial charge in [0.25, 0.3) is 0 Å². The number of hydrogen-bond acceptors (Lipinski definition) is 3. The summed E-state index contributed by atoms with van der Waals surface area (Å²) in [6.45, 7) is 11.1. The summed E-state index contributed by atoms with van der Waals surface area (Å²) in [5, 5.41) is 3.18. The molecule has 2 aromatic carbocycles. The second-order valence-electron chi connectivity index (χ2n) is 7.59. The minimum atomic E-state index is 0.0304. The third kappa shape index (κ3) is 5.51. The first-order valence-electron chi connectivity index (χ1n) is 10.1. The summed E-state index contributed by atoms with van der Waals surface area (Å²) in [6, 6.07) is 12.1.